The van der Waals surface area contributed by atoms with Gasteiger partial charge in [-0.2, -0.15) is 22.5 Å². The van der Waals surface area contributed by atoms with Gasteiger partial charge in [0.05, 0.1) is 23.2 Å². The van der Waals surface area contributed by atoms with E-state index in [0.29, 0.717) is 13.1 Å². The Kier molecular flexibility index (Phi) is 5.54. The molecule has 2 aromatic rings. The Labute approximate surface area is 191 Å². The number of hydrogen-bond acceptors (Lipinski definition) is 5. The van der Waals surface area contributed by atoms with Crippen molar-refractivity contribution in [1.29, 1.82) is 0 Å². The van der Waals surface area contributed by atoms with Gasteiger partial charge in [0.25, 0.3) is 0 Å². The minimum atomic E-state index is -4.60. The van der Waals surface area contributed by atoms with Crippen molar-refractivity contribution in [3.8, 4) is 0 Å². The van der Waals surface area contributed by atoms with Crippen molar-refractivity contribution in [2.45, 2.75) is 64.4 Å². The van der Waals surface area contributed by atoms with Crippen LogP contribution < -0.4 is 4.90 Å². The van der Waals surface area contributed by atoms with Crippen LogP contribution in [0.1, 0.15) is 44.7 Å². The van der Waals surface area contributed by atoms with E-state index in [-0.39, 0.29) is 38.8 Å². The molecule has 4 rings (SSSR count). The molecule has 3 heterocycles. The third-order valence-electron chi connectivity index (χ3n) is 5.80. The van der Waals surface area contributed by atoms with Gasteiger partial charge in [0.15, 0.2) is 0 Å². The molecule has 0 aliphatic carbocycles. The van der Waals surface area contributed by atoms with Gasteiger partial charge in [-0.1, -0.05) is 0 Å². The lowest BCUT2D eigenvalue weighted by molar-refractivity contribution is -0.138. The van der Waals surface area contributed by atoms with Crippen LogP contribution in [0.5, 0.6) is 0 Å². The molecule has 2 aliphatic heterocycles. The smallest absolute Gasteiger partial charge is 0.417 e. The summed E-state index contributed by atoms with van der Waals surface area (Å²) >= 11 is 2.98. The predicted octanol–water partition coefficient (Wildman–Crippen LogP) is 5.45. The first-order valence-corrected chi connectivity index (χ1v) is 11.1. The lowest BCUT2D eigenvalue weighted by Gasteiger charge is -2.42. The largest absolute Gasteiger partial charge is 0.444 e. The molecular weight excluding hydrogens is 496 g/mol. The van der Waals surface area contributed by atoms with Crippen LogP contribution in [0.15, 0.2) is 10.5 Å². The Morgan fingerprint density at radius 2 is 1.75 bits per heavy atom. The van der Waals surface area contributed by atoms with Crippen LogP contribution in [0.25, 0.3) is 10.9 Å². The Bertz CT molecular complexity index is 1070. The van der Waals surface area contributed by atoms with Crippen molar-refractivity contribution < 1.29 is 27.1 Å². The monoisotopic (exact) mass is 518 g/mol. The molecule has 2 atom stereocenters. The number of alkyl halides is 3. The van der Waals surface area contributed by atoms with Crippen molar-refractivity contribution in [3.63, 3.8) is 0 Å². The molecule has 174 valence electrons. The summed E-state index contributed by atoms with van der Waals surface area (Å²) in [6.07, 6.45) is -4.57. The molecule has 2 bridgehead atoms. The molecule has 6 nitrogen and oxygen atoms in total. The highest BCUT2D eigenvalue weighted by Gasteiger charge is 2.45. The first-order valence-electron chi connectivity index (χ1n) is 10.3. The lowest BCUT2D eigenvalue weighted by atomic mass is 10.0. The highest BCUT2D eigenvalue weighted by atomic mass is 79.9. The number of anilines is 1. The maximum absolute atomic E-state index is 14.3. The maximum atomic E-state index is 14.3. The molecule has 2 unspecified atom stereocenters. The van der Waals surface area contributed by atoms with Crippen LogP contribution in [-0.4, -0.2) is 51.7 Å². The van der Waals surface area contributed by atoms with Crippen LogP contribution in [0, 0.1) is 13.0 Å². The van der Waals surface area contributed by atoms with E-state index in [2.05, 4.69) is 25.9 Å². The third-order valence-corrected chi connectivity index (χ3v) is 6.82. The van der Waals surface area contributed by atoms with Gasteiger partial charge in [-0.25, -0.2) is 9.78 Å². The second-order valence-corrected chi connectivity index (χ2v) is 10.0. The molecule has 0 radical (unpaired) electrons. The highest BCUT2D eigenvalue weighted by molar-refractivity contribution is 9.10. The van der Waals surface area contributed by atoms with E-state index in [9.17, 15) is 22.4 Å². The number of ether oxygens (including phenoxy) is 1. The molecule has 1 aromatic carbocycles. The summed E-state index contributed by atoms with van der Waals surface area (Å²) in [6, 6.07) is 0.564. The molecular formula is C21H23BrF4N4O2. The first-order chi connectivity index (χ1) is 14.8. The van der Waals surface area contributed by atoms with E-state index in [1.807, 2.05) is 0 Å². The Morgan fingerprint density at radius 1 is 1.16 bits per heavy atom. The number of halogens is 5. The number of piperazine rings is 1. The van der Waals surface area contributed by atoms with E-state index in [1.54, 1.807) is 30.6 Å². The van der Waals surface area contributed by atoms with Crippen LogP contribution in [-0.2, 0) is 10.9 Å². The summed E-state index contributed by atoms with van der Waals surface area (Å²) in [4.78, 5) is 23.8. The Hall–Kier alpha value is -2.17. The number of aryl methyl sites for hydroxylation is 1. The van der Waals surface area contributed by atoms with E-state index in [0.717, 1.165) is 18.9 Å². The molecule has 1 aromatic heterocycles. The molecule has 2 aliphatic rings. The number of aromatic nitrogens is 2. The summed E-state index contributed by atoms with van der Waals surface area (Å²) in [5, 5.41) is 0.129. The highest BCUT2D eigenvalue weighted by Crippen LogP contribution is 2.42. The number of carbonyl (C=O) groups excluding carboxylic acids is 1. The van der Waals surface area contributed by atoms with Crippen LogP contribution in [0.3, 0.4) is 0 Å². The number of nitrogens with zero attached hydrogens (tertiary/aromatic N) is 4. The lowest BCUT2D eigenvalue weighted by Crippen LogP contribution is -2.57. The second kappa shape index (κ2) is 7.71. The molecule has 32 heavy (non-hydrogen) atoms. The van der Waals surface area contributed by atoms with E-state index < -0.39 is 29.5 Å². The van der Waals surface area contributed by atoms with Gasteiger partial charge in [0.1, 0.15) is 11.4 Å². The third kappa shape index (κ3) is 4.11. The van der Waals surface area contributed by atoms with Gasteiger partial charge >= 0.3 is 18.3 Å². The van der Waals surface area contributed by atoms with Gasteiger partial charge in [-0.15, -0.1) is 0 Å². The summed E-state index contributed by atoms with van der Waals surface area (Å²) in [5.41, 5.74) is -1.20. The Morgan fingerprint density at radius 3 is 2.28 bits per heavy atom. The predicted molar refractivity (Wildman–Crippen MR) is 114 cm³/mol. The summed E-state index contributed by atoms with van der Waals surface area (Å²) in [6.45, 7) is 7.46. The minimum absolute atomic E-state index is 0.106. The minimum Gasteiger partial charge on any atom is -0.444 e. The van der Waals surface area contributed by atoms with Crippen molar-refractivity contribution in [1.82, 2.24) is 14.9 Å². The van der Waals surface area contributed by atoms with Crippen molar-refractivity contribution in [2.24, 2.45) is 0 Å². The summed E-state index contributed by atoms with van der Waals surface area (Å²) in [5.74, 6) is 0.106. The molecule has 0 N–H and O–H groups in total. The van der Waals surface area contributed by atoms with Crippen LogP contribution >= 0.6 is 15.9 Å². The summed E-state index contributed by atoms with van der Waals surface area (Å²) in [7, 11) is 0. The van der Waals surface area contributed by atoms with Crippen LogP contribution in [0.4, 0.5) is 28.2 Å². The van der Waals surface area contributed by atoms with Gasteiger partial charge < -0.3 is 9.64 Å². The fourth-order valence-electron chi connectivity index (χ4n) is 4.50. The standard InChI is InChI=1S/C21H23BrF4N4O2/c1-10-15(22)14(21(24,25)26)7-13-16(10)27-18(23)28-17(13)29-8-11-5-6-12(9-29)30(11)19(31)32-20(2,3)4/h7,11-12H,5-6,8-9H2,1-4H3. The second-order valence-electron chi connectivity index (χ2n) is 9.25. The number of hydrogen-bond donors (Lipinski definition) is 0. The molecule has 0 spiro atoms. The maximum Gasteiger partial charge on any atom is 0.417 e. The average Bonchev–Trinajstić information content (AvgIpc) is 2.92. The molecule has 11 heteroatoms. The van der Waals surface area contributed by atoms with E-state index >= 15 is 0 Å². The van der Waals surface area contributed by atoms with Crippen molar-refractivity contribution in [2.75, 3.05) is 18.0 Å². The molecule has 2 fully saturated rings. The average molecular weight is 519 g/mol. The first kappa shape index (κ1) is 23.0. The molecule has 2 saturated heterocycles. The zero-order valence-corrected chi connectivity index (χ0v) is 19.6. The van der Waals surface area contributed by atoms with Crippen molar-refractivity contribution in [3.05, 3.63) is 27.7 Å². The van der Waals surface area contributed by atoms with Gasteiger partial charge in [0, 0.05) is 22.9 Å². The number of rotatable bonds is 1. The number of benzene rings is 1. The van der Waals surface area contributed by atoms with Crippen LogP contribution in [0.2, 0.25) is 0 Å². The van der Waals surface area contributed by atoms with Gasteiger partial charge in [-0.05, 0) is 68.1 Å². The quantitative estimate of drug-likeness (QED) is 0.371. The molecule has 1 amide bonds. The summed E-state index contributed by atoms with van der Waals surface area (Å²) < 4.78 is 60.5. The Balaban J connectivity index is 1.74. The fraction of sp³-hybridized carbons (Fsp3) is 0.571. The zero-order valence-electron chi connectivity index (χ0n) is 18.1. The normalized spacial score (nSPS) is 21.4. The number of carbonyl (C=O) groups is 1. The fourth-order valence-corrected chi connectivity index (χ4v) is 5.03. The van der Waals surface area contributed by atoms with E-state index in [4.69, 9.17) is 4.74 Å². The topological polar surface area (TPSA) is 58.6 Å². The van der Waals surface area contributed by atoms with Gasteiger partial charge in [-0.3, -0.25) is 4.90 Å². The number of amides is 1. The number of fused-ring (bicyclic) bond motifs is 3. The molecule has 0 saturated carbocycles. The van der Waals surface area contributed by atoms with Gasteiger partial charge in [0.2, 0.25) is 0 Å². The van der Waals surface area contributed by atoms with E-state index in [1.165, 1.54) is 6.92 Å². The SMILES string of the molecule is Cc1c(Br)c(C(F)(F)F)cc2c(N3CC4CCC(C3)N4C(=O)OC(C)(C)C)nc(F)nc12. The zero-order chi connectivity index (χ0) is 23.6. The van der Waals surface area contributed by atoms with Crippen molar-refractivity contribution >= 4 is 38.7 Å².